The van der Waals surface area contributed by atoms with Crippen molar-refractivity contribution in [2.45, 2.75) is 32.5 Å². The Bertz CT molecular complexity index is 559. The first-order valence-electron chi connectivity index (χ1n) is 6.98. The zero-order valence-electron chi connectivity index (χ0n) is 12.2. The molecule has 2 unspecified atom stereocenters. The minimum Gasteiger partial charge on any atom is -0.333 e. The standard InChI is InChI=1S/C16H22N3/c1-12-8-7-11-16(17(12)3)19-13(2)18(4)14-9-5-6-10-15(14)19/h5-7,9-13H,8H2,1-4H3/q+1. The summed E-state index contributed by atoms with van der Waals surface area (Å²) in [5.74, 6) is 1.29. The molecule has 0 saturated carbocycles. The molecule has 3 nitrogen and oxygen atoms in total. The molecule has 19 heavy (non-hydrogen) atoms. The van der Waals surface area contributed by atoms with E-state index in [0.29, 0.717) is 12.2 Å². The molecule has 0 aromatic heterocycles. The second-order valence-electron chi connectivity index (χ2n) is 5.56. The Morgan fingerprint density at radius 1 is 1.16 bits per heavy atom. The van der Waals surface area contributed by atoms with Crippen LogP contribution in [-0.4, -0.2) is 36.7 Å². The maximum atomic E-state index is 2.43. The molecule has 0 aliphatic carbocycles. The van der Waals surface area contributed by atoms with E-state index in [2.05, 4.69) is 78.7 Å². The van der Waals surface area contributed by atoms with Gasteiger partial charge in [-0.3, -0.25) is 4.58 Å². The van der Waals surface area contributed by atoms with Crippen LogP contribution in [0.15, 0.2) is 36.4 Å². The lowest BCUT2D eigenvalue weighted by Gasteiger charge is -2.25. The molecule has 2 aliphatic heterocycles. The number of para-hydroxylation sites is 2. The summed E-state index contributed by atoms with van der Waals surface area (Å²) in [4.78, 5) is 4.77. The maximum Gasteiger partial charge on any atom is 0.278 e. The third-order valence-corrected chi connectivity index (χ3v) is 4.47. The zero-order valence-corrected chi connectivity index (χ0v) is 12.2. The highest BCUT2D eigenvalue weighted by atomic mass is 15.4. The van der Waals surface area contributed by atoms with E-state index in [9.17, 15) is 0 Å². The predicted octanol–water partition coefficient (Wildman–Crippen LogP) is 2.68. The lowest BCUT2D eigenvalue weighted by molar-refractivity contribution is -0.534. The fourth-order valence-corrected chi connectivity index (χ4v) is 2.98. The van der Waals surface area contributed by atoms with Crippen molar-refractivity contribution < 1.29 is 4.58 Å². The first-order chi connectivity index (χ1) is 9.11. The number of amidine groups is 1. The molecule has 0 bridgehead atoms. The highest BCUT2D eigenvalue weighted by molar-refractivity contribution is 6.07. The van der Waals surface area contributed by atoms with Crippen LogP contribution in [0.5, 0.6) is 0 Å². The van der Waals surface area contributed by atoms with Crippen LogP contribution < -0.4 is 9.80 Å². The third-order valence-electron chi connectivity index (χ3n) is 4.47. The van der Waals surface area contributed by atoms with Gasteiger partial charge in [-0.25, -0.2) is 4.90 Å². The average molecular weight is 256 g/mol. The van der Waals surface area contributed by atoms with E-state index in [1.54, 1.807) is 0 Å². The van der Waals surface area contributed by atoms with E-state index in [1.807, 2.05) is 0 Å². The first kappa shape index (κ1) is 12.3. The van der Waals surface area contributed by atoms with Crippen molar-refractivity contribution in [3.05, 3.63) is 36.4 Å². The minimum atomic E-state index is 0.352. The number of fused-ring (bicyclic) bond motifs is 1. The van der Waals surface area contributed by atoms with Crippen LogP contribution in [0.1, 0.15) is 20.3 Å². The summed E-state index contributed by atoms with van der Waals surface area (Å²) in [6.45, 7) is 4.54. The van der Waals surface area contributed by atoms with Crippen LogP contribution in [0, 0.1) is 0 Å². The van der Waals surface area contributed by atoms with Gasteiger partial charge in [0, 0.05) is 19.5 Å². The van der Waals surface area contributed by atoms with E-state index in [1.165, 1.54) is 17.2 Å². The normalized spacial score (nSPS) is 26.1. The fraction of sp³-hybridized carbons (Fsp3) is 0.438. The molecule has 0 saturated heterocycles. The topological polar surface area (TPSA) is 9.49 Å². The molecular formula is C16H22N3+. The Labute approximate surface area is 115 Å². The summed E-state index contributed by atoms with van der Waals surface area (Å²) in [5, 5.41) is 0. The van der Waals surface area contributed by atoms with Crippen molar-refractivity contribution in [1.29, 1.82) is 0 Å². The molecule has 0 spiro atoms. The zero-order chi connectivity index (χ0) is 13.6. The van der Waals surface area contributed by atoms with Crippen LogP contribution >= 0.6 is 0 Å². The SMILES string of the molecule is CC1N(C)c2ccccc2N1C1=[N+](C)C(C)CC=C1. The number of hydrogen-bond acceptors (Lipinski definition) is 2. The largest absolute Gasteiger partial charge is 0.333 e. The molecule has 1 aromatic carbocycles. The van der Waals surface area contributed by atoms with Crippen molar-refractivity contribution in [2.75, 3.05) is 23.9 Å². The van der Waals surface area contributed by atoms with Gasteiger partial charge in [0.25, 0.3) is 5.84 Å². The summed E-state index contributed by atoms with van der Waals surface area (Å²) in [6.07, 6.45) is 6.02. The number of nitrogens with zero attached hydrogens (tertiary/aromatic N) is 3. The summed E-state index contributed by atoms with van der Waals surface area (Å²) in [7, 11) is 4.36. The van der Waals surface area contributed by atoms with Gasteiger partial charge in [-0.2, -0.15) is 0 Å². The number of hydrogen-bond donors (Lipinski definition) is 0. The summed E-state index contributed by atoms with van der Waals surface area (Å²) >= 11 is 0. The quantitative estimate of drug-likeness (QED) is 0.660. The smallest absolute Gasteiger partial charge is 0.278 e. The van der Waals surface area contributed by atoms with Crippen LogP contribution in [0.2, 0.25) is 0 Å². The molecule has 2 aliphatic rings. The Morgan fingerprint density at radius 2 is 1.84 bits per heavy atom. The maximum absolute atomic E-state index is 2.43. The van der Waals surface area contributed by atoms with E-state index < -0.39 is 0 Å². The van der Waals surface area contributed by atoms with Crippen molar-refractivity contribution in [3.63, 3.8) is 0 Å². The van der Waals surface area contributed by atoms with E-state index >= 15 is 0 Å². The Balaban J connectivity index is 2.11. The van der Waals surface area contributed by atoms with Gasteiger partial charge in [0.05, 0.1) is 18.8 Å². The van der Waals surface area contributed by atoms with Gasteiger partial charge in [0.1, 0.15) is 0 Å². The van der Waals surface area contributed by atoms with E-state index in [0.717, 1.165) is 6.42 Å². The molecule has 0 radical (unpaired) electrons. The molecule has 0 amide bonds. The number of benzene rings is 1. The highest BCUT2D eigenvalue weighted by Crippen LogP contribution is 2.38. The Kier molecular flexibility index (Phi) is 2.85. The third kappa shape index (κ3) is 1.76. The molecule has 3 rings (SSSR count). The fourth-order valence-electron chi connectivity index (χ4n) is 2.98. The van der Waals surface area contributed by atoms with Gasteiger partial charge in [-0.1, -0.05) is 18.2 Å². The van der Waals surface area contributed by atoms with Gasteiger partial charge in [0.15, 0.2) is 11.9 Å². The van der Waals surface area contributed by atoms with Gasteiger partial charge in [0.2, 0.25) is 0 Å². The first-order valence-corrected chi connectivity index (χ1v) is 6.98. The molecule has 2 atom stereocenters. The number of anilines is 2. The second kappa shape index (κ2) is 4.41. The number of rotatable bonds is 0. The molecule has 0 fully saturated rings. The van der Waals surface area contributed by atoms with Gasteiger partial charge < -0.3 is 4.90 Å². The van der Waals surface area contributed by atoms with Crippen LogP contribution in [0.4, 0.5) is 11.4 Å². The van der Waals surface area contributed by atoms with Crippen molar-refractivity contribution in [2.24, 2.45) is 0 Å². The summed E-state index contributed by atoms with van der Waals surface area (Å²) in [5.41, 5.74) is 2.61. The molecule has 1 aromatic rings. The Hall–Kier alpha value is -1.77. The minimum absolute atomic E-state index is 0.352. The van der Waals surface area contributed by atoms with E-state index in [4.69, 9.17) is 0 Å². The van der Waals surface area contributed by atoms with Crippen molar-refractivity contribution in [3.8, 4) is 0 Å². The molecule has 3 heteroatoms. The lowest BCUT2D eigenvalue weighted by Crippen LogP contribution is -2.47. The molecular weight excluding hydrogens is 234 g/mol. The second-order valence-corrected chi connectivity index (χ2v) is 5.56. The highest BCUT2D eigenvalue weighted by Gasteiger charge is 2.40. The van der Waals surface area contributed by atoms with Crippen LogP contribution in [0.3, 0.4) is 0 Å². The van der Waals surface area contributed by atoms with Gasteiger partial charge >= 0.3 is 0 Å². The van der Waals surface area contributed by atoms with Crippen molar-refractivity contribution in [1.82, 2.24) is 0 Å². The monoisotopic (exact) mass is 256 g/mol. The van der Waals surface area contributed by atoms with Crippen LogP contribution in [-0.2, 0) is 0 Å². The van der Waals surface area contributed by atoms with Gasteiger partial charge in [-0.05, 0) is 26.0 Å². The Morgan fingerprint density at radius 3 is 2.58 bits per heavy atom. The average Bonchev–Trinajstić information content (AvgIpc) is 2.67. The lowest BCUT2D eigenvalue weighted by atomic mass is 10.1. The van der Waals surface area contributed by atoms with Crippen molar-refractivity contribution >= 4 is 17.2 Å². The van der Waals surface area contributed by atoms with E-state index in [-0.39, 0.29) is 0 Å². The molecule has 100 valence electrons. The molecule has 2 heterocycles. The predicted molar refractivity (Wildman–Crippen MR) is 81.2 cm³/mol. The van der Waals surface area contributed by atoms with Crippen LogP contribution in [0.25, 0.3) is 0 Å². The molecule has 0 N–H and O–H groups in total. The van der Waals surface area contributed by atoms with Gasteiger partial charge in [-0.15, -0.1) is 0 Å². The summed E-state index contributed by atoms with van der Waals surface area (Å²) < 4.78 is 2.38. The summed E-state index contributed by atoms with van der Waals surface area (Å²) in [6, 6.07) is 9.20.